The lowest BCUT2D eigenvalue weighted by molar-refractivity contribution is -0.144. The van der Waals surface area contributed by atoms with Gasteiger partial charge in [-0.15, -0.1) is 0 Å². The molecule has 1 saturated heterocycles. The number of pyridine rings is 1. The highest BCUT2D eigenvalue weighted by molar-refractivity contribution is 5.69. The van der Waals surface area contributed by atoms with Crippen LogP contribution in [0, 0.1) is 0 Å². The molecule has 0 saturated carbocycles. The predicted octanol–water partition coefficient (Wildman–Crippen LogP) is 3.86. The van der Waals surface area contributed by atoms with Crippen LogP contribution >= 0.6 is 0 Å². The van der Waals surface area contributed by atoms with Crippen molar-refractivity contribution in [2.75, 3.05) is 32.8 Å². The number of esters is 1. The van der Waals surface area contributed by atoms with Crippen molar-refractivity contribution >= 4 is 11.7 Å². The van der Waals surface area contributed by atoms with E-state index in [1.165, 1.54) is 5.69 Å². The number of rotatable bonds is 9. The fraction of sp³-hybridized carbons (Fsp3) is 0.500. The van der Waals surface area contributed by atoms with Crippen molar-refractivity contribution in [1.29, 1.82) is 0 Å². The topological polar surface area (TPSA) is 51.7 Å². The van der Waals surface area contributed by atoms with Crippen molar-refractivity contribution in [1.82, 2.24) is 14.4 Å². The average Bonchev–Trinajstić information content (AvgIpc) is 2.78. The number of carbonyl (C=O) groups excluding carboxylic acids is 1. The molecule has 0 bridgehead atoms. The number of nitrogens with zero attached hydrogens (tertiary/aromatic N) is 3. The Balaban J connectivity index is 1.72. The molecule has 1 unspecified atom stereocenters. The van der Waals surface area contributed by atoms with Crippen LogP contribution in [0.5, 0.6) is 5.75 Å². The normalized spacial score (nSPS) is 17.5. The van der Waals surface area contributed by atoms with Gasteiger partial charge in [-0.1, -0.05) is 18.2 Å². The van der Waals surface area contributed by atoms with E-state index in [4.69, 9.17) is 9.47 Å². The lowest BCUT2D eigenvalue weighted by Crippen LogP contribution is -2.65. The number of para-hydroxylation sites is 1. The molecule has 0 amide bonds. The van der Waals surface area contributed by atoms with Crippen molar-refractivity contribution in [3.8, 4) is 5.75 Å². The van der Waals surface area contributed by atoms with Crippen LogP contribution in [0.15, 0.2) is 54.9 Å². The van der Waals surface area contributed by atoms with Gasteiger partial charge in [0.2, 0.25) is 0 Å². The second-order valence-corrected chi connectivity index (χ2v) is 8.05. The molecule has 0 radical (unpaired) electrons. The largest absolute Gasteiger partial charge is 0.475 e. The third-order valence-corrected chi connectivity index (χ3v) is 6.06. The van der Waals surface area contributed by atoms with Gasteiger partial charge in [0.25, 0.3) is 0 Å². The van der Waals surface area contributed by atoms with Gasteiger partial charge in [-0.3, -0.25) is 19.2 Å². The highest BCUT2D eigenvalue weighted by Crippen LogP contribution is 2.29. The maximum atomic E-state index is 12.0. The van der Waals surface area contributed by atoms with E-state index in [0.717, 1.165) is 36.4 Å². The molecule has 30 heavy (non-hydrogen) atoms. The maximum absolute atomic E-state index is 12.0. The fourth-order valence-corrected chi connectivity index (χ4v) is 4.29. The summed E-state index contributed by atoms with van der Waals surface area (Å²) in [5.74, 6) is 0.663. The van der Waals surface area contributed by atoms with Crippen LogP contribution in [0.1, 0.15) is 33.6 Å². The van der Waals surface area contributed by atoms with Crippen LogP contribution in [-0.2, 0) is 9.53 Å². The zero-order valence-corrected chi connectivity index (χ0v) is 18.4. The lowest BCUT2D eigenvalue weighted by Gasteiger charge is -2.48. The number of quaternary nitrogens is 1. The molecule has 0 N–H and O–H groups in total. The van der Waals surface area contributed by atoms with Gasteiger partial charge in [-0.2, -0.15) is 0 Å². The van der Waals surface area contributed by atoms with Crippen molar-refractivity contribution in [2.24, 2.45) is 0 Å². The Morgan fingerprint density at radius 2 is 1.77 bits per heavy atom. The molecule has 1 aliphatic heterocycles. The van der Waals surface area contributed by atoms with E-state index in [0.29, 0.717) is 25.5 Å². The zero-order chi connectivity index (χ0) is 21.4. The monoisotopic (exact) mass is 412 g/mol. The molecule has 3 rings (SSSR count). The van der Waals surface area contributed by atoms with Crippen LogP contribution < -0.4 is 9.22 Å². The van der Waals surface area contributed by atoms with E-state index in [2.05, 4.69) is 35.9 Å². The third kappa shape index (κ3) is 5.37. The number of piperazine rings is 1. The molecule has 1 aliphatic rings. The van der Waals surface area contributed by atoms with Crippen LogP contribution in [0.4, 0.5) is 5.69 Å². The van der Waals surface area contributed by atoms with Gasteiger partial charge in [-0.05, 0) is 32.9 Å². The minimum atomic E-state index is -0.166. The van der Waals surface area contributed by atoms with Crippen molar-refractivity contribution < 1.29 is 14.3 Å². The fourth-order valence-electron chi connectivity index (χ4n) is 4.29. The molecule has 1 fully saturated rings. The number of hydrogen-bond acceptors (Lipinski definition) is 5. The predicted molar refractivity (Wildman–Crippen MR) is 119 cm³/mol. The number of carbonyl (C=O) groups is 1. The summed E-state index contributed by atoms with van der Waals surface area (Å²) in [5.41, 5.74) is 1.31. The molecule has 2 aromatic rings. The highest BCUT2D eigenvalue weighted by Gasteiger charge is 2.40. The van der Waals surface area contributed by atoms with Crippen LogP contribution in [0.2, 0.25) is 0 Å². The van der Waals surface area contributed by atoms with Crippen molar-refractivity contribution in [3.63, 3.8) is 0 Å². The molecule has 1 aromatic heterocycles. The first-order valence-electron chi connectivity index (χ1n) is 10.9. The van der Waals surface area contributed by atoms with Gasteiger partial charge in [0.15, 0.2) is 6.23 Å². The molecule has 1 atom stereocenters. The van der Waals surface area contributed by atoms with E-state index in [1.807, 2.05) is 49.6 Å². The Hall–Kier alpha value is -2.44. The Morgan fingerprint density at radius 3 is 2.37 bits per heavy atom. The summed E-state index contributed by atoms with van der Waals surface area (Å²) in [6.45, 7) is 10.6. The van der Waals surface area contributed by atoms with E-state index in [1.54, 1.807) is 0 Å². The Bertz CT molecular complexity index is 775. The quantitative estimate of drug-likeness (QED) is 0.462. The van der Waals surface area contributed by atoms with E-state index < -0.39 is 0 Å². The molecule has 0 spiro atoms. The zero-order valence-electron chi connectivity index (χ0n) is 18.4. The third-order valence-electron chi connectivity index (χ3n) is 6.06. The van der Waals surface area contributed by atoms with E-state index >= 15 is 0 Å². The summed E-state index contributed by atoms with van der Waals surface area (Å²) in [5, 5.41) is 0. The highest BCUT2D eigenvalue weighted by atomic mass is 16.5. The number of benzene rings is 1. The number of ether oxygens (including phenoxy) is 2. The van der Waals surface area contributed by atoms with Crippen molar-refractivity contribution in [3.05, 3.63) is 54.9 Å². The van der Waals surface area contributed by atoms with Gasteiger partial charge in [0, 0.05) is 30.9 Å². The summed E-state index contributed by atoms with van der Waals surface area (Å²) >= 11 is 0. The second kappa shape index (κ2) is 10.5. The summed E-state index contributed by atoms with van der Waals surface area (Å²) in [4.78, 5) is 18.5. The van der Waals surface area contributed by atoms with Gasteiger partial charge in [0.05, 0.1) is 45.2 Å². The molecule has 162 valence electrons. The van der Waals surface area contributed by atoms with Crippen LogP contribution in [-0.4, -0.2) is 60.9 Å². The summed E-state index contributed by atoms with van der Waals surface area (Å²) < 4.78 is 12.4. The number of hydrogen-bond donors (Lipinski definition) is 0. The first-order valence-corrected chi connectivity index (χ1v) is 10.9. The van der Waals surface area contributed by atoms with Crippen molar-refractivity contribution in [2.45, 2.75) is 45.9 Å². The van der Waals surface area contributed by atoms with Gasteiger partial charge in [-0.25, -0.2) is 0 Å². The smallest absolute Gasteiger partial charge is 0.305 e. The Kier molecular flexibility index (Phi) is 7.82. The molecule has 2 heterocycles. The van der Waals surface area contributed by atoms with E-state index in [-0.39, 0.29) is 12.2 Å². The maximum Gasteiger partial charge on any atom is 0.305 e. The van der Waals surface area contributed by atoms with E-state index in [9.17, 15) is 4.79 Å². The Morgan fingerprint density at radius 1 is 1.10 bits per heavy atom. The van der Waals surface area contributed by atoms with Gasteiger partial charge < -0.3 is 9.47 Å². The van der Waals surface area contributed by atoms with Crippen LogP contribution in [0.3, 0.4) is 0 Å². The molecule has 6 nitrogen and oxygen atoms in total. The first-order chi connectivity index (χ1) is 14.5. The molecule has 0 aliphatic carbocycles. The van der Waals surface area contributed by atoms with Gasteiger partial charge >= 0.3 is 5.97 Å². The second-order valence-electron chi connectivity index (χ2n) is 8.05. The summed E-state index contributed by atoms with van der Waals surface area (Å²) in [6.07, 6.45) is 4.58. The Labute approximate surface area is 180 Å². The number of aromatic nitrogens is 1. The van der Waals surface area contributed by atoms with Crippen LogP contribution in [0.25, 0.3) is 0 Å². The SMILES string of the molecule is CCOC(=O)CCC(Oc1ccccc1)N1CC[N+](c2ccncc2)(C(C)C)CC1. The minimum absolute atomic E-state index is 0.149. The van der Waals surface area contributed by atoms with Gasteiger partial charge in [0.1, 0.15) is 11.4 Å². The molecular weight excluding hydrogens is 378 g/mol. The summed E-state index contributed by atoms with van der Waals surface area (Å²) in [6, 6.07) is 14.6. The molecule has 1 aromatic carbocycles. The molecule has 6 heteroatoms. The minimum Gasteiger partial charge on any atom is -0.475 e. The molecular formula is C24H34N3O3+. The lowest BCUT2D eigenvalue weighted by atomic mass is 10.1. The standard InChI is InChI=1S/C24H34N3O3/c1-4-29-24(28)11-10-23(30-22-8-6-5-7-9-22)26-16-18-27(19-17-26,20(2)3)21-12-14-25-15-13-21/h5-9,12-15,20,23H,4,10-11,16-19H2,1-3H3/q+1. The summed E-state index contributed by atoms with van der Waals surface area (Å²) in [7, 11) is 0. The average molecular weight is 413 g/mol. The first kappa shape index (κ1) is 22.2.